The van der Waals surface area contributed by atoms with E-state index in [4.69, 9.17) is 5.11 Å². The summed E-state index contributed by atoms with van der Waals surface area (Å²) in [6.45, 7) is 2.25. The summed E-state index contributed by atoms with van der Waals surface area (Å²) < 4.78 is 0. The molecule has 0 aromatic heterocycles. The van der Waals surface area contributed by atoms with Crippen LogP contribution in [0.1, 0.15) is 39.0 Å². The van der Waals surface area contributed by atoms with Crippen molar-refractivity contribution >= 4 is 17.7 Å². The third kappa shape index (κ3) is 9.74. The van der Waals surface area contributed by atoms with Crippen LogP contribution < -0.4 is 0 Å². The first-order valence-corrected chi connectivity index (χ1v) is 6.27. The van der Waals surface area contributed by atoms with E-state index in [2.05, 4.69) is 13.2 Å². The number of unbranched alkanes of at least 4 members (excludes halogenated alkanes) is 1. The molecule has 1 N–H and O–H groups in total. The summed E-state index contributed by atoms with van der Waals surface area (Å²) in [6, 6.07) is 0. The molecule has 0 saturated heterocycles. The molecule has 0 saturated carbocycles. The maximum atomic E-state index is 10.2. The predicted octanol–water partition coefficient (Wildman–Crippen LogP) is 3.02. The summed E-state index contributed by atoms with van der Waals surface area (Å²) >= 11 is 1.88. The van der Waals surface area contributed by atoms with Crippen LogP contribution >= 0.6 is 11.8 Å². The number of hydrogen-bond donors (Lipinski definition) is 1. The standard InChI is InChI=1S/C10H20O2S/c1-9(7-8-13-2)5-3-4-6-10(11)12/h9H,3-8H2,1-2H3,(H,11,12). The minimum absolute atomic E-state index is 0.329. The van der Waals surface area contributed by atoms with Crippen LogP contribution in [0, 0.1) is 5.92 Å². The van der Waals surface area contributed by atoms with Gasteiger partial charge in [-0.1, -0.05) is 19.8 Å². The van der Waals surface area contributed by atoms with E-state index in [9.17, 15) is 4.79 Å². The SMILES string of the molecule is CSCCC(C)CCCCC(=O)O. The van der Waals surface area contributed by atoms with Crippen LogP contribution in [0.15, 0.2) is 0 Å². The Kier molecular flexibility index (Phi) is 8.30. The van der Waals surface area contributed by atoms with E-state index in [1.54, 1.807) is 0 Å². The van der Waals surface area contributed by atoms with Crippen LogP contribution in [0.5, 0.6) is 0 Å². The van der Waals surface area contributed by atoms with E-state index >= 15 is 0 Å². The van der Waals surface area contributed by atoms with Crippen LogP contribution in [-0.4, -0.2) is 23.1 Å². The van der Waals surface area contributed by atoms with Gasteiger partial charge in [0, 0.05) is 6.42 Å². The summed E-state index contributed by atoms with van der Waals surface area (Å²) in [5.74, 6) is 1.30. The van der Waals surface area contributed by atoms with Crippen molar-refractivity contribution in [2.24, 2.45) is 5.92 Å². The van der Waals surface area contributed by atoms with Crippen LogP contribution in [0.2, 0.25) is 0 Å². The lowest BCUT2D eigenvalue weighted by Crippen LogP contribution is -1.98. The Morgan fingerprint density at radius 2 is 2.08 bits per heavy atom. The summed E-state index contributed by atoms with van der Waals surface area (Å²) in [5, 5.41) is 8.42. The summed E-state index contributed by atoms with van der Waals surface area (Å²) in [5.41, 5.74) is 0. The highest BCUT2D eigenvalue weighted by Gasteiger charge is 2.02. The molecule has 0 amide bonds. The topological polar surface area (TPSA) is 37.3 Å². The second-order valence-corrected chi connectivity index (χ2v) is 4.51. The fraction of sp³-hybridized carbons (Fsp3) is 0.900. The average molecular weight is 204 g/mol. The van der Waals surface area contributed by atoms with Crippen molar-refractivity contribution in [2.75, 3.05) is 12.0 Å². The van der Waals surface area contributed by atoms with Gasteiger partial charge in [0.2, 0.25) is 0 Å². The van der Waals surface area contributed by atoms with Crippen molar-refractivity contribution in [3.8, 4) is 0 Å². The highest BCUT2D eigenvalue weighted by molar-refractivity contribution is 7.98. The number of carboxylic acids is 1. The molecule has 0 heterocycles. The predicted molar refractivity (Wildman–Crippen MR) is 58.3 cm³/mol. The van der Waals surface area contributed by atoms with Gasteiger partial charge in [-0.15, -0.1) is 0 Å². The largest absolute Gasteiger partial charge is 0.481 e. The number of rotatable bonds is 8. The molecule has 0 radical (unpaired) electrons. The third-order valence-corrected chi connectivity index (χ3v) is 2.80. The minimum atomic E-state index is -0.670. The molecule has 2 nitrogen and oxygen atoms in total. The molecule has 0 aromatic carbocycles. The Morgan fingerprint density at radius 3 is 2.62 bits per heavy atom. The number of carboxylic acid groups (broad SMARTS) is 1. The molecular weight excluding hydrogens is 184 g/mol. The highest BCUT2D eigenvalue weighted by atomic mass is 32.2. The van der Waals surface area contributed by atoms with Crippen molar-refractivity contribution in [1.82, 2.24) is 0 Å². The lowest BCUT2D eigenvalue weighted by atomic mass is 10.0. The zero-order valence-electron chi connectivity index (χ0n) is 8.58. The van der Waals surface area contributed by atoms with E-state index in [0.717, 1.165) is 18.8 Å². The summed E-state index contributed by atoms with van der Waals surface area (Å²) in [6.07, 6.45) is 6.77. The van der Waals surface area contributed by atoms with Gasteiger partial charge in [-0.3, -0.25) is 4.79 Å². The van der Waals surface area contributed by atoms with E-state index in [0.29, 0.717) is 6.42 Å². The fourth-order valence-electron chi connectivity index (χ4n) is 1.23. The third-order valence-electron chi connectivity index (χ3n) is 2.15. The number of carbonyl (C=O) groups is 1. The average Bonchev–Trinajstić information content (AvgIpc) is 2.08. The molecule has 0 spiro atoms. The van der Waals surface area contributed by atoms with E-state index in [1.165, 1.54) is 18.6 Å². The van der Waals surface area contributed by atoms with Crippen molar-refractivity contribution < 1.29 is 9.90 Å². The van der Waals surface area contributed by atoms with Gasteiger partial charge in [0.1, 0.15) is 0 Å². The molecule has 0 rings (SSSR count). The molecule has 0 aliphatic carbocycles. The Morgan fingerprint density at radius 1 is 1.38 bits per heavy atom. The number of hydrogen-bond acceptors (Lipinski definition) is 2. The van der Waals surface area contributed by atoms with Crippen LogP contribution in [0.25, 0.3) is 0 Å². The zero-order valence-corrected chi connectivity index (χ0v) is 9.40. The van der Waals surface area contributed by atoms with Gasteiger partial charge in [0.25, 0.3) is 0 Å². The van der Waals surface area contributed by atoms with Gasteiger partial charge < -0.3 is 5.11 Å². The Bertz CT molecular complexity index is 137. The summed E-state index contributed by atoms with van der Waals surface area (Å²) in [7, 11) is 0. The molecule has 13 heavy (non-hydrogen) atoms. The quantitative estimate of drug-likeness (QED) is 0.617. The first kappa shape index (κ1) is 12.8. The van der Waals surface area contributed by atoms with Crippen LogP contribution in [0.4, 0.5) is 0 Å². The Labute approximate surface area is 85.1 Å². The second kappa shape index (κ2) is 8.42. The minimum Gasteiger partial charge on any atom is -0.481 e. The molecule has 0 bridgehead atoms. The smallest absolute Gasteiger partial charge is 0.303 e. The lowest BCUT2D eigenvalue weighted by Gasteiger charge is -2.08. The Hall–Kier alpha value is -0.180. The molecule has 3 heteroatoms. The highest BCUT2D eigenvalue weighted by Crippen LogP contribution is 2.14. The monoisotopic (exact) mass is 204 g/mol. The van der Waals surface area contributed by atoms with Gasteiger partial charge in [0.05, 0.1) is 0 Å². The normalized spacial score (nSPS) is 12.8. The molecule has 0 aliphatic heterocycles. The van der Waals surface area contributed by atoms with Gasteiger partial charge in [-0.25, -0.2) is 0 Å². The van der Waals surface area contributed by atoms with Gasteiger partial charge >= 0.3 is 5.97 Å². The van der Waals surface area contributed by atoms with Crippen molar-refractivity contribution in [3.05, 3.63) is 0 Å². The lowest BCUT2D eigenvalue weighted by molar-refractivity contribution is -0.137. The van der Waals surface area contributed by atoms with Crippen molar-refractivity contribution in [2.45, 2.75) is 39.0 Å². The van der Waals surface area contributed by atoms with Gasteiger partial charge in [0.15, 0.2) is 0 Å². The van der Waals surface area contributed by atoms with Crippen molar-refractivity contribution in [1.29, 1.82) is 0 Å². The van der Waals surface area contributed by atoms with Crippen LogP contribution in [-0.2, 0) is 4.79 Å². The maximum absolute atomic E-state index is 10.2. The molecule has 0 fully saturated rings. The van der Waals surface area contributed by atoms with Crippen molar-refractivity contribution in [3.63, 3.8) is 0 Å². The molecule has 0 aromatic rings. The first-order valence-electron chi connectivity index (χ1n) is 4.87. The molecule has 1 atom stereocenters. The van der Waals surface area contributed by atoms with E-state index < -0.39 is 5.97 Å². The molecule has 0 aliphatic rings. The van der Waals surface area contributed by atoms with Gasteiger partial charge in [-0.05, 0) is 30.8 Å². The first-order chi connectivity index (χ1) is 6.16. The number of aliphatic carboxylic acids is 1. The molecule has 78 valence electrons. The fourth-order valence-corrected chi connectivity index (χ4v) is 1.87. The van der Waals surface area contributed by atoms with Crippen LogP contribution in [0.3, 0.4) is 0 Å². The zero-order chi connectivity index (χ0) is 10.1. The Balaban J connectivity index is 3.16. The second-order valence-electron chi connectivity index (χ2n) is 3.53. The van der Waals surface area contributed by atoms with E-state index in [1.807, 2.05) is 11.8 Å². The van der Waals surface area contributed by atoms with E-state index in [-0.39, 0.29) is 0 Å². The molecule has 1 unspecified atom stereocenters. The molecular formula is C10H20O2S. The maximum Gasteiger partial charge on any atom is 0.303 e. The summed E-state index contributed by atoms with van der Waals surface area (Å²) in [4.78, 5) is 10.2. The number of thioether (sulfide) groups is 1. The van der Waals surface area contributed by atoms with Gasteiger partial charge in [-0.2, -0.15) is 11.8 Å².